The maximum Gasteiger partial charge on any atom is 0.314 e. The Hall–Kier alpha value is -2.65. The standard InChI is InChI=1S/C14H19NO2.C13H17NO2.C13H19N.3ClH/c1-17-14(16)13(11-7-3-2-4-8-11)12-9-5-6-10-15-12;15-13(16)12(10-6-2-1-3-7-10)11-8-4-5-9-14-11;1-11(12-7-3-2-4-8-12)13-9-5-6-10-14-13;;;/h2-4,7-8,12-13,15H,5-6,9-10H2,1H3;1-3,6-7,11-12,14H,4-5,8-9H2,(H,15,16);2-4,7-8,11,13-14H,5-6,9-10H2,1H3;3*1H. The molecule has 3 aromatic carbocycles. The predicted octanol–water partition coefficient (Wildman–Crippen LogP) is 8.28. The minimum Gasteiger partial charge on any atom is -0.481 e. The van der Waals surface area contributed by atoms with Crippen molar-refractivity contribution in [2.75, 3.05) is 26.7 Å². The van der Waals surface area contributed by atoms with Crippen LogP contribution in [0.2, 0.25) is 0 Å². The van der Waals surface area contributed by atoms with E-state index in [1.807, 2.05) is 60.7 Å². The Morgan fingerprint density at radius 1 is 0.580 bits per heavy atom. The van der Waals surface area contributed by atoms with E-state index >= 15 is 0 Å². The molecule has 3 aliphatic heterocycles. The van der Waals surface area contributed by atoms with Crippen molar-refractivity contribution in [2.24, 2.45) is 0 Å². The van der Waals surface area contributed by atoms with Gasteiger partial charge < -0.3 is 25.8 Å². The van der Waals surface area contributed by atoms with Gasteiger partial charge in [-0.05, 0) is 80.8 Å². The smallest absolute Gasteiger partial charge is 0.314 e. The summed E-state index contributed by atoms with van der Waals surface area (Å²) < 4.78 is 4.94. The molecule has 3 heterocycles. The minimum absolute atomic E-state index is 0. The molecule has 7 nitrogen and oxygen atoms in total. The highest BCUT2D eigenvalue weighted by Crippen LogP contribution is 2.27. The molecule has 3 aliphatic rings. The topological polar surface area (TPSA) is 99.7 Å². The Balaban J connectivity index is 0.000000366. The third kappa shape index (κ3) is 14.2. The number of carboxylic acid groups (broad SMARTS) is 1. The van der Waals surface area contributed by atoms with E-state index in [9.17, 15) is 14.7 Å². The Morgan fingerprint density at radius 3 is 1.30 bits per heavy atom. The Bertz CT molecular complexity index is 1310. The van der Waals surface area contributed by atoms with Gasteiger partial charge in [-0.15, -0.1) is 37.2 Å². The van der Waals surface area contributed by atoms with E-state index in [1.165, 1.54) is 51.3 Å². The highest BCUT2D eigenvalue weighted by Gasteiger charge is 2.32. The van der Waals surface area contributed by atoms with E-state index in [0.29, 0.717) is 12.0 Å². The number of methoxy groups -OCH3 is 1. The molecule has 6 rings (SSSR count). The molecule has 0 saturated carbocycles. The van der Waals surface area contributed by atoms with Gasteiger partial charge in [0.25, 0.3) is 0 Å². The number of nitrogens with one attached hydrogen (secondary N) is 3. The van der Waals surface area contributed by atoms with Gasteiger partial charge >= 0.3 is 11.9 Å². The lowest BCUT2D eigenvalue weighted by Gasteiger charge is -2.29. The van der Waals surface area contributed by atoms with Gasteiger partial charge in [0, 0.05) is 18.1 Å². The molecule has 3 aromatic rings. The Morgan fingerprint density at radius 2 is 0.940 bits per heavy atom. The van der Waals surface area contributed by atoms with Crippen LogP contribution < -0.4 is 16.0 Å². The highest BCUT2D eigenvalue weighted by molar-refractivity contribution is 5.86. The summed E-state index contributed by atoms with van der Waals surface area (Å²) in [4.78, 5) is 23.3. The number of carboxylic acids is 1. The van der Waals surface area contributed by atoms with Gasteiger partial charge in [-0.2, -0.15) is 0 Å². The van der Waals surface area contributed by atoms with E-state index in [-0.39, 0.29) is 61.2 Å². The van der Waals surface area contributed by atoms with Gasteiger partial charge in [-0.25, -0.2) is 0 Å². The lowest BCUT2D eigenvalue weighted by atomic mass is 9.86. The Labute approximate surface area is 318 Å². The fourth-order valence-electron chi connectivity index (χ4n) is 7.15. The Kier molecular flexibility index (Phi) is 23.0. The first-order valence-electron chi connectivity index (χ1n) is 17.6. The highest BCUT2D eigenvalue weighted by atomic mass is 35.5. The zero-order valence-corrected chi connectivity index (χ0v) is 32.0. The van der Waals surface area contributed by atoms with Crippen LogP contribution in [0.25, 0.3) is 0 Å². The van der Waals surface area contributed by atoms with Gasteiger partial charge in [-0.3, -0.25) is 9.59 Å². The van der Waals surface area contributed by atoms with Gasteiger partial charge in [0.1, 0.15) is 0 Å². The van der Waals surface area contributed by atoms with Gasteiger partial charge in [-0.1, -0.05) is 117 Å². The molecule has 0 aliphatic carbocycles. The zero-order chi connectivity index (χ0) is 33.3. The number of aliphatic carboxylic acids is 1. The second-order valence-corrected chi connectivity index (χ2v) is 13.0. The van der Waals surface area contributed by atoms with Crippen molar-refractivity contribution in [3.05, 3.63) is 108 Å². The van der Waals surface area contributed by atoms with Crippen molar-refractivity contribution in [1.82, 2.24) is 16.0 Å². The monoisotopic (exact) mass is 749 g/mol. The second-order valence-electron chi connectivity index (χ2n) is 13.0. The van der Waals surface area contributed by atoms with Crippen LogP contribution in [0.1, 0.15) is 99.2 Å². The number of esters is 1. The summed E-state index contributed by atoms with van der Waals surface area (Å²) in [6.07, 6.45) is 10.7. The van der Waals surface area contributed by atoms with Crippen LogP contribution in [0.3, 0.4) is 0 Å². The lowest BCUT2D eigenvalue weighted by Crippen LogP contribution is -2.42. The lowest BCUT2D eigenvalue weighted by molar-refractivity contribution is -0.143. The maximum absolute atomic E-state index is 11.9. The number of benzene rings is 3. The molecule has 3 fully saturated rings. The average Bonchev–Trinajstić information content (AvgIpc) is 3.14. The summed E-state index contributed by atoms with van der Waals surface area (Å²) in [5, 5.41) is 19.7. The molecular formula is C40H58Cl3N3O4. The van der Waals surface area contributed by atoms with Gasteiger partial charge in [0.15, 0.2) is 0 Å². The summed E-state index contributed by atoms with van der Waals surface area (Å²) in [6.45, 7) is 5.45. The summed E-state index contributed by atoms with van der Waals surface area (Å²) in [5.74, 6) is -0.819. The van der Waals surface area contributed by atoms with Gasteiger partial charge in [0.2, 0.25) is 0 Å². The molecular weight excluding hydrogens is 693 g/mol. The molecule has 6 atom stereocenters. The molecule has 10 heteroatoms. The van der Waals surface area contributed by atoms with Crippen molar-refractivity contribution < 1.29 is 19.4 Å². The predicted molar refractivity (Wildman–Crippen MR) is 212 cm³/mol. The summed E-state index contributed by atoms with van der Waals surface area (Å²) >= 11 is 0. The molecule has 0 aromatic heterocycles. The number of hydrogen-bond donors (Lipinski definition) is 4. The third-order valence-corrected chi connectivity index (χ3v) is 9.82. The number of rotatable bonds is 8. The molecule has 278 valence electrons. The summed E-state index contributed by atoms with van der Waals surface area (Å²) in [6, 6.07) is 31.2. The number of hydrogen-bond acceptors (Lipinski definition) is 6. The van der Waals surface area contributed by atoms with Crippen LogP contribution >= 0.6 is 37.2 Å². The summed E-state index contributed by atoms with van der Waals surface area (Å²) in [7, 11) is 1.46. The third-order valence-electron chi connectivity index (χ3n) is 9.82. The van der Waals surface area contributed by atoms with Crippen LogP contribution in [0.15, 0.2) is 91.0 Å². The molecule has 4 N–H and O–H groups in total. The fraction of sp³-hybridized carbons (Fsp3) is 0.500. The minimum atomic E-state index is -0.731. The normalized spacial score (nSPS) is 21.5. The summed E-state index contributed by atoms with van der Waals surface area (Å²) in [5.41, 5.74) is 3.40. The fourth-order valence-corrected chi connectivity index (χ4v) is 7.15. The van der Waals surface area contributed by atoms with Crippen molar-refractivity contribution in [3.8, 4) is 0 Å². The van der Waals surface area contributed by atoms with Gasteiger partial charge in [0.05, 0.1) is 18.9 Å². The van der Waals surface area contributed by atoms with Crippen LogP contribution in [0.5, 0.6) is 0 Å². The molecule has 0 amide bonds. The van der Waals surface area contributed by atoms with Crippen molar-refractivity contribution in [2.45, 2.75) is 101 Å². The van der Waals surface area contributed by atoms with E-state index < -0.39 is 11.9 Å². The number of carbonyl (C=O) groups is 2. The van der Waals surface area contributed by atoms with Crippen molar-refractivity contribution in [1.29, 1.82) is 0 Å². The number of halogens is 3. The van der Waals surface area contributed by atoms with E-state index in [2.05, 4.69) is 53.2 Å². The number of carbonyl (C=O) groups excluding carboxylic acids is 1. The first kappa shape index (κ1) is 45.4. The second kappa shape index (κ2) is 25.3. The van der Waals surface area contributed by atoms with E-state index in [0.717, 1.165) is 49.9 Å². The largest absolute Gasteiger partial charge is 0.481 e. The molecule has 6 unspecified atom stereocenters. The molecule has 3 saturated heterocycles. The number of ether oxygens (including phenoxy) is 1. The quantitative estimate of drug-likeness (QED) is 0.172. The maximum atomic E-state index is 11.9. The average molecular weight is 751 g/mol. The van der Waals surface area contributed by atoms with Crippen LogP contribution in [0, 0.1) is 0 Å². The van der Waals surface area contributed by atoms with Crippen LogP contribution in [-0.4, -0.2) is 61.9 Å². The van der Waals surface area contributed by atoms with Crippen molar-refractivity contribution in [3.63, 3.8) is 0 Å². The molecule has 0 radical (unpaired) electrons. The number of piperidine rings is 3. The van der Waals surface area contributed by atoms with E-state index in [4.69, 9.17) is 4.74 Å². The van der Waals surface area contributed by atoms with Crippen LogP contribution in [-0.2, 0) is 14.3 Å². The van der Waals surface area contributed by atoms with E-state index in [1.54, 1.807) is 0 Å². The molecule has 0 spiro atoms. The zero-order valence-electron chi connectivity index (χ0n) is 29.5. The van der Waals surface area contributed by atoms with Crippen LogP contribution in [0.4, 0.5) is 0 Å². The van der Waals surface area contributed by atoms with Crippen molar-refractivity contribution >= 4 is 49.2 Å². The first-order chi connectivity index (χ1) is 23.0. The molecule has 0 bridgehead atoms. The molecule has 50 heavy (non-hydrogen) atoms. The first-order valence-corrected chi connectivity index (χ1v) is 17.6. The SMILES string of the molecule is CC(c1ccccc1)C1CCCCN1.COC(=O)C(c1ccccc1)C1CCCCN1.Cl.Cl.Cl.O=C(O)C(c1ccccc1)C1CCCCN1.